The minimum absolute atomic E-state index is 0.00137. The van der Waals surface area contributed by atoms with Gasteiger partial charge in [-0.25, -0.2) is 5.01 Å². The number of hydrogen-bond donors (Lipinski definition) is 1. The number of hydrogen-bond acceptors (Lipinski definition) is 8. The summed E-state index contributed by atoms with van der Waals surface area (Å²) in [5.74, 6) is 1.60. The molecule has 1 N–H and O–H groups in total. The predicted molar refractivity (Wildman–Crippen MR) is 152 cm³/mol. The van der Waals surface area contributed by atoms with Gasteiger partial charge in [-0.3, -0.25) is 9.59 Å². The van der Waals surface area contributed by atoms with Gasteiger partial charge in [-0.15, -0.1) is 0 Å². The molecule has 0 aromatic heterocycles. The van der Waals surface area contributed by atoms with Crippen molar-refractivity contribution < 1.29 is 23.8 Å². The number of amides is 2. The number of ether oxygens (including phenoxy) is 3. The molecule has 10 heteroatoms. The Bertz CT molecular complexity index is 1410. The van der Waals surface area contributed by atoms with Crippen LogP contribution in [0.15, 0.2) is 82.9 Å². The minimum Gasteiger partial charge on any atom is -0.497 e. The molecule has 0 bridgehead atoms. The Morgan fingerprint density at radius 2 is 1.46 bits per heavy atom. The zero-order chi connectivity index (χ0) is 27.4. The summed E-state index contributed by atoms with van der Waals surface area (Å²) in [6.07, 6.45) is 0.619. The van der Waals surface area contributed by atoms with Gasteiger partial charge in [-0.2, -0.15) is 10.1 Å². The molecule has 0 unspecified atom stereocenters. The normalized spacial score (nSPS) is 18.4. The molecule has 9 nitrogen and oxygen atoms in total. The summed E-state index contributed by atoms with van der Waals surface area (Å²) < 4.78 is 15.8. The third kappa shape index (κ3) is 5.91. The fourth-order valence-electron chi connectivity index (χ4n) is 4.39. The Kier molecular flexibility index (Phi) is 7.83. The number of anilines is 1. The first-order valence-corrected chi connectivity index (χ1v) is 13.2. The zero-order valence-corrected chi connectivity index (χ0v) is 22.6. The Balaban J connectivity index is 1.33. The molecule has 200 valence electrons. The molecule has 3 aromatic rings. The van der Waals surface area contributed by atoms with E-state index < -0.39 is 5.25 Å². The number of amidine groups is 1. The van der Waals surface area contributed by atoms with Crippen LogP contribution in [-0.4, -0.2) is 54.3 Å². The number of methoxy groups -OCH3 is 3. The van der Waals surface area contributed by atoms with Crippen LogP contribution in [0.2, 0.25) is 0 Å². The lowest BCUT2D eigenvalue weighted by molar-refractivity contribution is -0.121. The zero-order valence-electron chi connectivity index (χ0n) is 21.8. The largest absolute Gasteiger partial charge is 0.497 e. The van der Waals surface area contributed by atoms with Crippen molar-refractivity contribution in [3.63, 3.8) is 0 Å². The number of hydrazone groups is 1. The summed E-state index contributed by atoms with van der Waals surface area (Å²) in [6, 6.07) is 22.4. The molecule has 0 spiro atoms. The highest BCUT2D eigenvalue weighted by atomic mass is 32.2. The van der Waals surface area contributed by atoms with Crippen LogP contribution in [0.1, 0.15) is 30.0 Å². The van der Waals surface area contributed by atoms with E-state index in [1.807, 2.05) is 48.5 Å². The summed E-state index contributed by atoms with van der Waals surface area (Å²) in [6.45, 7) is 0. The van der Waals surface area contributed by atoms with E-state index in [2.05, 4.69) is 10.3 Å². The van der Waals surface area contributed by atoms with Crippen molar-refractivity contribution in [2.75, 3.05) is 26.6 Å². The van der Waals surface area contributed by atoms with Crippen molar-refractivity contribution in [2.24, 2.45) is 10.1 Å². The molecule has 0 saturated heterocycles. The summed E-state index contributed by atoms with van der Waals surface area (Å²) in [4.78, 5) is 29.9. The fourth-order valence-corrected chi connectivity index (χ4v) is 5.45. The van der Waals surface area contributed by atoms with Crippen LogP contribution in [0, 0.1) is 0 Å². The molecule has 39 heavy (non-hydrogen) atoms. The monoisotopic (exact) mass is 544 g/mol. The van der Waals surface area contributed by atoms with Gasteiger partial charge in [0.1, 0.15) is 22.5 Å². The molecule has 5 rings (SSSR count). The molecule has 2 aliphatic rings. The van der Waals surface area contributed by atoms with E-state index in [9.17, 15) is 9.59 Å². The number of carbonyl (C=O) groups excluding carboxylic acids is 2. The smallest absolute Gasteiger partial charge is 0.262 e. The summed E-state index contributed by atoms with van der Waals surface area (Å²) in [7, 11) is 4.84. The lowest BCUT2D eigenvalue weighted by Gasteiger charge is -2.23. The van der Waals surface area contributed by atoms with Crippen molar-refractivity contribution in [1.29, 1.82) is 0 Å². The maximum atomic E-state index is 12.9. The van der Waals surface area contributed by atoms with Crippen LogP contribution in [0.4, 0.5) is 5.69 Å². The van der Waals surface area contributed by atoms with Crippen LogP contribution >= 0.6 is 11.8 Å². The first-order valence-electron chi connectivity index (χ1n) is 12.4. The predicted octanol–water partition coefficient (Wildman–Crippen LogP) is 4.89. The van der Waals surface area contributed by atoms with Crippen LogP contribution in [0.3, 0.4) is 0 Å². The molecule has 0 fully saturated rings. The van der Waals surface area contributed by atoms with Gasteiger partial charge in [-0.1, -0.05) is 23.9 Å². The van der Waals surface area contributed by atoms with Crippen LogP contribution in [0.25, 0.3) is 0 Å². The van der Waals surface area contributed by atoms with Crippen molar-refractivity contribution in [1.82, 2.24) is 5.01 Å². The Hall–Kier alpha value is -4.31. The van der Waals surface area contributed by atoms with E-state index in [0.29, 0.717) is 23.0 Å². The number of rotatable bonds is 8. The maximum Gasteiger partial charge on any atom is 0.262 e. The van der Waals surface area contributed by atoms with E-state index in [1.165, 1.54) is 11.8 Å². The summed E-state index contributed by atoms with van der Waals surface area (Å²) in [5.41, 5.74) is 3.47. The average Bonchev–Trinajstić information content (AvgIpc) is 3.57. The van der Waals surface area contributed by atoms with Gasteiger partial charge in [0.25, 0.3) is 5.91 Å². The van der Waals surface area contributed by atoms with Gasteiger partial charge in [0.15, 0.2) is 5.17 Å². The van der Waals surface area contributed by atoms with Gasteiger partial charge in [-0.05, 0) is 71.8 Å². The first kappa shape index (κ1) is 26.3. The van der Waals surface area contributed by atoms with Gasteiger partial charge < -0.3 is 19.5 Å². The number of benzene rings is 3. The van der Waals surface area contributed by atoms with E-state index in [4.69, 9.17) is 19.3 Å². The Morgan fingerprint density at radius 1 is 0.897 bits per heavy atom. The third-order valence-electron chi connectivity index (χ3n) is 6.50. The fraction of sp³-hybridized carbons (Fsp3) is 0.241. The molecule has 0 radical (unpaired) electrons. The number of thioether (sulfide) groups is 1. The van der Waals surface area contributed by atoms with E-state index >= 15 is 0 Å². The highest BCUT2D eigenvalue weighted by molar-refractivity contribution is 8.15. The van der Waals surface area contributed by atoms with Crippen LogP contribution in [0.5, 0.6) is 17.2 Å². The van der Waals surface area contributed by atoms with E-state index in [1.54, 1.807) is 50.6 Å². The van der Waals surface area contributed by atoms with Crippen molar-refractivity contribution in [3.8, 4) is 17.2 Å². The lowest BCUT2D eigenvalue weighted by atomic mass is 9.98. The van der Waals surface area contributed by atoms with Crippen molar-refractivity contribution >= 4 is 40.1 Å². The van der Waals surface area contributed by atoms with E-state index in [-0.39, 0.29) is 24.3 Å². The number of carbonyl (C=O) groups is 2. The van der Waals surface area contributed by atoms with Crippen LogP contribution in [-0.2, 0) is 9.59 Å². The van der Waals surface area contributed by atoms with Gasteiger partial charge in [0.05, 0.1) is 33.1 Å². The highest BCUT2D eigenvalue weighted by Gasteiger charge is 2.39. The Labute approximate surface area is 230 Å². The Morgan fingerprint density at radius 3 is 2.05 bits per heavy atom. The third-order valence-corrected chi connectivity index (χ3v) is 7.65. The number of aliphatic imine (C=N–C) groups is 1. The van der Waals surface area contributed by atoms with Gasteiger partial charge in [0.2, 0.25) is 5.91 Å². The first-order chi connectivity index (χ1) is 19.0. The van der Waals surface area contributed by atoms with Gasteiger partial charge in [0, 0.05) is 18.5 Å². The summed E-state index contributed by atoms with van der Waals surface area (Å²) in [5, 5.41) is 9.37. The molecule has 2 atom stereocenters. The SMILES string of the molecule is COc1ccc(NC(=O)C[C@@H]2SC(N3N=C(c4ccc(OC)cc4)C[C@H]3c3ccc(OC)cc3)=NC2=O)cc1. The molecular weight excluding hydrogens is 516 g/mol. The number of nitrogens with zero attached hydrogens (tertiary/aromatic N) is 3. The number of nitrogens with one attached hydrogen (secondary N) is 1. The standard InChI is InChI=1S/C29H28N4O5S/c1-36-21-10-4-18(5-11-21)24-16-25(19-6-12-22(37-2)13-7-19)33(32-24)29-31-28(35)26(39-29)17-27(34)30-20-8-14-23(38-3)15-9-20/h4-15,25-26H,16-17H2,1-3H3,(H,30,34)/t25-,26-/m0/s1. The van der Waals surface area contributed by atoms with Crippen molar-refractivity contribution in [3.05, 3.63) is 83.9 Å². The molecule has 2 heterocycles. The second-order valence-electron chi connectivity index (χ2n) is 8.93. The van der Waals surface area contributed by atoms with E-state index in [0.717, 1.165) is 28.3 Å². The van der Waals surface area contributed by atoms with Crippen LogP contribution < -0.4 is 19.5 Å². The van der Waals surface area contributed by atoms with Gasteiger partial charge >= 0.3 is 0 Å². The topological polar surface area (TPSA) is 102 Å². The second kappa shape index (κ2) is 11.6. The molecular formula is C29H28N4O5S. The van der Waals surface area contributed by atoms with Crippen molar-refractivity contribution in [2.45, 2.75) is 24.1 Å². The summed E-state index contributed by atoms with van der Waals surface area (Å²) >= 11 is 1.26. The molecule has 2 aliphatic heterocycles. The minimum atomic E-state index is -0.630. The lowest BCUT2D eigenvalue weighted by Crippen LogP contribution is -2.25. The molecule has 2 amide bonds. The molecule has 0 aliphatic carbocycles. The quantitative estimate of drug-likeness (QED) is 0.431. The average molecular weight is 545 g/mol. The molecule has 3 aromatic carbocycles. The molecule has 0 saturated carbocycles. The second-order valence-corrected chi connectivity index (χ2v) is 10.1. The highest BCUT2D eigenvalue weighted by Crippen LogP contribution is 2.39. The maximum absolute atomic E-state index is 12.9.